The molecule has 104 valence electrons. The normalized spacial score (nSPS) is 23.6. The van der Waals surface area contributed by atoms with Crippen molar-refractivity contribution in [3.8, 4) is 17.2 Å². The van der Waals surface area contributed by atoms with Gasteiger partial charge in [-0.15, -0.1) is 0 Å². The number of fused-ring (bicyclic) bond motifs is 2. The van der Waals surface area contributed by atoms with Gasteiger partial charge in [-0.25, -0.2) is 0 Å². The lowest BCUT2D eigenvalue weighted by molar-refractivity contribution is -0.138. The maximum absolute atomic E-state index is 11.9. The first kappa shape index (κ1) is 12.5. The molecule has 20 heavy (non-hydrogen) atoms. The van der Waals surface area contributed by atoms with Crippen LogP contribution in [0.3, 0.4) is 0 Å². The van der Waals surface area contributed by atoms with E-state index in [1.54, 1.807) is 0 Å². The average Bonchev–Trinajstić information content (AvgIpc) is 2.63. The Balaban J connectivity index is 2.03. The molecule has 6 heteroatoms. The van der Waals surface area contributed by atoms with Gasteiger partial charge in [0.1, 0.15) is 23.4 Å². The third-order valence-corrected chi connectivity index (χ3v) is 3.60. The standard InChI is InChI=1S/C14H12O6/c15-7-3-11(17)8-5-9-10(16)1-6(2-13(18)19)14(9)20-12(8)4-7/h3-6,14-15,17H,1-2H2,(H,18,19). The first-order valence-electron chi connectivity index (χ1n) is 6.15. The van der Waals surface area contributed by atoms with Crippen LogP contribution < -0.4 is 4.74 Å². The largest absolute Gasteiger partial charge is 0.508 e. The number of Topliss-reactive ketones (excluding diaryl/α,β-unsaturated/α-hetero) is 1. The molecular weight excluding hydrogens is 264 g/mol. The number of ketones is 1. The monoisotopic (exact) mass is 276 g/mol. The Morgan fingerprint density at radius 2 is 2.10 bits per heavy atom. The molecule has 2 atom stereocenters. The van der Waals surface area contributed by atoms with Gasteiger partial charge in [0.15, 0.2) is 5.78 Å². The van der Waals surface area contributed by atoms with Crippen molar-refractivity contribution in [3.63, 3.8) is 0 Å². The summed E-state index contributed by atoms with van der Waals surface area (Å²) in [5.41, 5.74) is 0.711. The molecule has 6 nitrogen and oxygen atoms in total. The predicted octanol–water partition coefficient (Wildman–Crippen LogP) is 1.31. The first-order valence-corrected chi connectivity index (χ1v) is 6.15. The van der Waals surface area contributed by atoms with Gasteiger partial charge in [-0.2, -0.15) is 0 Å². The summed E-state index contributed by atoms with van der Waals surface area (Å²) >= 11 is 0. The lowest BCUT2D eigenvalue weighted by Crippen LogP contribution is -2.27. The minimum absolute atomic E-state index is 0.115. The van der Waals surface area contributed by atoms with Crippen LogP contribution in [0.1, 0.15) is 18.4 Å². The van der Waals surface area contributed by atoms with Crippen molar-refractivity contribution in [2.45, 2.75) is 18.9 Å². The van der Waals surface area contributed by atoms with Crippen molar-refractivity contribution in [2.24, 2.45) is 5.92 Å². The fraction of sp³-hybridized carbons (Fsp3) is 0.286. The van der Waals surface area contributed by atoms with Crippen molar-refractivity contribution < 1.29 is 29.6 Å². The third-order valence-electron chi connectivity index (χ3n) is 3.60. The van der Waals surface area contributed by atoms with Gasteiger partial charge in [0.2, 0.25) is 0 Å². The molecule has 1 fully saturated rings. The van der Waals surface area contributed by atoms with Crippen molar-refractivity contribution in [1.29, 1.82) is 0 Å². The third kappa shape index (κ3) is 1.89. The second-order valence-corrected chi connectivity index (χ2v) is 5.00. The first-order chi connectivity index (χ1) is 9.45. The molecule has 0 spiro atoms. The predicted molar refractivity (Wildman–Crippen MR) is 67.5 cm³/mol. The smallest absolute Gasteiger partial charge is 0.303 e. The molecule has 0 amide bonds. The van der Waals surface area contributed by atoms with Gasteiger partial charge in [0, 0.05) is 30.0 Å². The molecule has 3 N–H and O–H groups in total. The number of carbonyl (C=O) groups is 2. The number of benzene rings is 1. The van der Waals surface area contributed by atoms with Gasteiger partial charge in [0.25, 0.3) is 0 Å². The Labute approximate surface area is 113 Å². The van der Waals surface area contributed by atoms with E-state index in [1.807, 2.05) is 0 Å². The summed E-state index contributed by atoms with van der Waals surface area (Å²) in [6.45, 7) is 0. The van der Waals surface area contributed by atoms with Crippen LogP contribution >= 0.6 is 0 Å². The van der Waals surface area contributed by atoms with Crippen molar-refractivity contribution >= 4 is 17.8 Å². The topological polar surface area (TPSA) is 104 Å². The molecule has 0 saturated heterocycles. The number of aliphatic carboxylic acids is 1. The molecule has 1 aromatic carbocycles. The molecule has 1 heterocycles. The fourth-order valence-corrected chi connectivity index (χ4v) is 2.73. The van der Waals surface area contributed by atoms with E-state index in [0.717, 1.165) is 6.07 Å². The number of ether oxygens (including phenoxy) is 1. The van der Waals surface area contributed by atoms with E-state index < -0.39 is 18.0 Å². The Morgan fingerprint density at radius 3 is 2.80 bits per heavy atom. The second kappa shape index (κ2) is 4.26. The van der Waals surface area contributed by atoms with Gasteiger partial charge >= 0.3 is 5.97 Å². The molecule has 0 radical (unpaired) electrons. The summed E-state index contributed by atoms with van der Waals surface area (Å²) in [5.74, 6) is -1.67. The number of hydrogen-bond donors (Lipinski definition) is 3. The molecule has 3 rings (SSSR count). The van der Waals surface area contributed by atoms with E-state index in [-0.39, 0.29) is 35.9 Å². The van der Waals surface area contributed by atoms with Crippen LogP contribution in [0.2, 0.25) is 0 Å². The van der Waals surface area contributed by atoms with Crippen molar-refractivity contribution in [3.05, 3.63) is 23.3 Å². The van der Waals surface area contributed by atoms with E-state index in [1.165, 1.54) is 12.1 Å². The minimum atomic E-state index is -0.989. The number of aromatic hydroxyl groups is 2. The molecule has 1 saturated carbocycles. The van der Waals surface area contributed by atoms with E-state index in [9.17, 15) is 19.8 Å². The van der Waals surface area contributed by atoms with Gasteiger partial charge in [-0.05, 0) is 6.08 Å². The van der Waals surface area contributed by atoms with E-state index >= 15 is 0 Å². The quantitative estimate of drug-likeness (QED) is 0.752. The maximum Gasteiger partial charge on any atom is 0.303 e. The highest BCUT2D eigenvalue weighted by molar-refractivity contribution is 6.04. The Bertz CT molecular complexity index is 645. The number of phenolic OH excluding ortho intramolecular Hbond substituents is 2. The zero-order chi connectivity index (χ0) is 14.4. The highest BCUT2D eigenvalue weighted by Gasteiger charge is 2.43. The fourth-order valence-electron chi connectivity index (χ4n) is 2.73. The number of carboxylic acids is 1. The maximum atomic E-state index is 11.9. The SMILES string of the molecule is O=C(O)CC1CC(=O)C2=Cc3c(O)cc(O)cc3OC21. The lowest BCUT2D eigenvalue weighted by Gasteiger charge is -2.25. The van der Waals surface area contributed by atoms with Crippen LogP contribution in [0.25, 0.3) is 6.08 Å². The molecular formula is C14H12O6. The van der Waals surface area contributed by atoms with Crippen LogP contribution in [0.15, 0.2) is 17.7 Å². The minimum Gasteiger partial charge on any atom is -0.508 e. The number of carboxylic acid groups (broad SMARTS) is 1. The molecule has 2 aliphatic rings. The zero-order valence-corrected chi connectivity index (χ0v) is 10.4. The highest BCUT2D eigenvalue weighted by atomic mass is 16.5. The molecule has 2 unspecified atom stereocenters. The summed E-state index contributed by atoms with van der Waals surface area (Å²) in [7, 11) is 0. The lowest BCUT2D eigenvalue weighted by atomic mass is 9.97. The molecule has 1 aliphatic carbocycles. The average molecular weight is 276 g/mol. The summed E-state index contributed by atoms with van der Waals surface area (Å²) in [4.78, 5) is 22.7. The van der Waals surface area contributed by atoms with Gasteiger partial charge in [-0.3, -0.25) is 9.59 Å². The zero-order valence-electron chi connectivity index (χ0n) is 10.4. The van der Waals surface area contributed by atoms with Crippen molar-refractivity contribution in [1.82, 2.24) is 0 Å². The summed E-state index contributed by atoms with van der Waals surface area (Å²) in [6.07, 6.45) is 0.840. The molecule has 1 aromatic rings. The molecule has 1 aliphatic heterocycles. The Morgan fingerprint density at radius 1 is 1.35 bits per heavy atom. The van der Waals surface area contributed by atoms with Crippen LogP contribution in [-0.2, 0) is 9.59 Å². The van der Waals surface area contributed by atoms with Gasteiger partial charge < -0.3 is 20.1 Å². The van der Waals surface area contributed by atoms with E-state index in [4.69, 9.17) is 9.84 Å². The van der Waals surface area contributed by atoms with E-state index in [2.05, 4.69) is 0 Å². The number of hydrogen-bond acceptors (Lipinski definition) is 5. The molecule has 0 bridgehead atoms. The Hall–Kier alpha value is -2.50. The Kier molecular flexibility index (Phi) is 2.67. The van der Waals surface area contributed by atoms with Crippen LogP contribution in [0, 0.1) is 5.92 Å². The van der Waals surface area contributed by atoms with Crippen LogP contribution in [-0.4, -0.2) is 33.2 Å². The number of rotatable bonds is 2. The summed E-state index contributed by atoms with van der Waals surface area (Å²) < 4.78 is 5.63. The van der Waals surface area contributed by atoms with Crippen LogP contribution in [0.4, 0.5) is 0 Å². The van der Waals surface area contributed by atoms with Gasteiger partial charge in [-0.1, -0.05) is 0 Å². The van der Waals surface area contributed by atoms with Crippen LogP contribution in [0.5, 0.6) is 17.2 Å². The van der Waals surface area contributed by atoms with Gasteiger partial charge in [0.05, 0.1) is 12.0 Å². The number of phenols is 2. The summed E-state index contributed by atoms with van der Waals surface area (Å²) in [6, 6.07) is 2.50. The molecule has 0 aromatic heterocycles. The second-order valence-electron chi connectivity index (χ2n) is 5.00. The number of carbonyl (C=O) groups excluding carboxylic acids is 1. The van der Waals surface area contributed by atoms with Crippen molar-refractivity contribution in [2.75, 3.05) is 0 Å². The van der Waals surface area contributed by atoms with E-state index in [0.29, 0.717) is 11.1 Å². The summed E-state index contributed by atoms with van der Waals surface area (Å²) in [5, 5.41) is 28.1. The highest BCUT2D eigenvalue weighted by Crippen LogP contribution is 2.44.